The van der Waals surface area contributed by atoms with E-state index in [1.54, 1.807) is 7.11 Å². The second-order valence-corrected chi connectivity index (χ2v) is 6.47. The Labute approximate surface area is 128 Å². The summed E-state index contributed by atoms with van der Waals surface area (Å²) in [6, 6.07) is 4.65. The predicted octanol–water partition coefficient (Wildman–Crippen LogP) is 3.11. The smallest absolute Gasteiger partial charge is 0.122 e. The Hall–Kier alpha value is -1.22. The Kier molecular flexibility index (Phi) is 4.69. The third-order valence-electron chi connectivity index (χ3n) is 4.98. The average molecular weight is 288 g/mol. The Morgan fingerprint density at radius 1 is 1.05 bits per heavy atom. The Balaban J connectivity index is 1.75. The van der Waals surface area contributed by atoms with Crippen molar-refractivity contribution in [3.05, 3.63) is 23.3 Å². The number of fused-ring (bicyclic) bond motifs is 1. The van der Waals surface area contributed by atoms with Crippen LogP contribution in [0, 0.1) is 0 Å². The second kappa shape index (κ2) is 6.69. The SMILES string of the molecule is COc1cc2c(cc1CCN1CCCCC1)N(C)CCC2. The van der Waals surface area contributed by atoms with Gasteiger partial charge in [0.25, 0.3) is 0 Å². The van der Waals surface area contributed by atoms with Gasteiger partial charge >= 0.3 is 0 Å². The summed E-state index contributed by atoms with van der Waals surface area (Å²) in [5.41, 5.74) is 4.23. The van der Waals surface area contributed by atoms with E-state index < -0.39 is 0 Å². The van der Waals surface area contributed by atoms with Crippen LogP contribution >= 0.6 is 0 Å². The van der Waals surface area contributed by atoms with Crippen molar-refractivity contribution in [1.29, 1.82) is 0 Å². The van der Waals surface area contributed by atoms with Gasteiger partial charge < -0.3 is 14.5 Å². The van der Waals surface area contributed by atoms with Crippen LogP contribution in [0.3, 0.4) is 0 Å². The zero-order valence-corrected chi connectivity index (χ0v) is 13.5. The van der Waals surface area contributed by atoms with Crippen LogP contribution < -0.4 is 9.64 Å². The van der Waals surface area contributed by atoms with Crippen LogP contribution in [0.2, 0.25) is 0 Å². The molecule has 0 bridgehead atoms. The van der Waals surface area contributed by atoms with Crippen molar-refractivity contribution in [3.8, 4) is 5.75 Å². The topological polar surface area (TPSA) is 15.7 Å². The van der Waals surface area contributed by atoms with Crippen LogP contribution in [0.1, 0.15) is 36.8 Å². The highest BCUT2D eigenvalue weighted by molar-refractivity contribution is 5.60. The molecule has 0 radical (unpaired) electrons. The zero-order valence-electron chi connectivity index (χ0n) is 13.5. The number of hydrogen-bond donors (Lipinski definition) is 0. The highest BCUT2D eigenvalue weighted by atomic mass is 16.5. The van der Waals surface area contributed by atoms with Gasteiger partial charge in [0.2, 0.25) is 0 Å². The molecule has 0 unspecified atom stereocenters. The molecule has 3 nitrogen and oxygen atoms in total. The molecule has 0 amide bonds. The van der Waals surface area contributed by atoms with Crippen LogP contribution in [0.15, 0.2) is 12.1 Å². The van der Waals surface area contributed by atoms with Gasteiger partial charge in [-0.05, 0) is 68.5 Å². The van der Waals surface area contributed by atoms with Gasteiger partial charge in [-0.3, -0.25) is 0 Å². The number of hydrogen-bond acceptors (Lipinski definition) is 3. The summed E-state index contributed by atoms with van der Waals surface area (Å²) in [6.45, 7) is 4.88. The normalized spacial score (nSPS) is 19.4. The molecule has 0 aromatic heterocycles. The third-order valence-corrected chi connectivity index (χ3v) is 4.98. The first-order chi connectivity index (χ1) is 10.3. The Bertz CT molecular complexity index is 480. The lowest BCUT2D eigenvalue weighted by Gasteiger charge is -2.30. The van der Waals surface area contributed by atoms with E-state index in [-0.39, 0.29) is 0 Å². The van der Waals surface area contributed by atoms with E-state index >= 15 is 0 Å². The molecule has 0 saturated carbocycles. The number of nitrogens with zero attached hydrogens (tertiary/aromatic N) is 2. The van der Waals surface area contributed by atoms with Gasteiger partial charge in [0.15, 0.2) is 0 Å². The van der Waals surface area contributed by atoms with Gasteiger partial charge in [-0.15, -0.1) is 0 Å². The summed E-state index contributed by atoms with van der Waals surface area (Å²) in [5.74, 6) is 1.08. The molecule has 0 spiro atoms. The molecule has 2 aliphatic heterocycles. The molecule has 2 aliphatic rings. The van der Waals surface area contributed by atoms with Crippen molar-refractivity contribution in [1.82, 2.24) is 4.90 Å². The van der Waals surface area contributed by atoms with Gasteiger partial charge in [-0.2, -0.15) is 0 Å². The van der Waals surface area contributed by atoms with E-state index in [9.17, 15) is 0 Å². The maximum atomic E-state index is 5.65. The van der Waals surface area contributed by atoms with Crippen LogP contribution in [0.5, 0.6) is 5.75 Å². The lowest BCUT2D eigenvalue weighted by molar-refractivity contribution is 0.231. The first kappa shape index (κ1) is 14.7. The lowest BCUT2D eigenvalue weighted by Crippen LogP contribution is -2.31. The summed E-state index contributed by atoms with van der Waals surface area (Å²) in [4.78, 5) is 4.99. The second-order valence-electron chi connectivity index (χ2n) is 6.47. The molecule has 0 atom stereocenters. The summed E-state index contributed by atoms with van der Waals surface area (Å²) in [7, 11) is 4.01. The van der Waals surface area contributed by atoms with Crippen LogP contribution in [-0.2, 0) is 12.8 Å². The van der Waals surface area contributed by atoms with Crippen molar-refractivity contribution in [3.63, 3.8) is 0 Å². The lowest BCUT2D eigenvalue weighted by atomic mass is 9.97. The number of likely N-dealkylation sites (tertiary alicyclic amines) is 1. The Morgan fingerprint density at radius 3 is 2.62 bits per heavy atom. The number of methoxy groups -OCH3 is 1. The number of rotatable bonds is 4. The standard InChI is InChI=1S/C18H28N2O/c1-19-9-6-7-15-14-18(21-2)16(13-17(15)19)8-12-20-10-4-3-5-11-20/h13-14H,3-12H2,1-2H3. The molecular formula is C18H28N2O. The van der Waals surface area contributed by atoms with E-state index in [0.717, 1.165) is 12.2 Å². The van der Waals surface area contributed by atoms with E-state index in [0.29, 0.717) is 0 Å². The van der Waals surface area contributed by atoms with Crippen molar-refractivity contribution in [2.45, 2.75) is 38.5 Å². The van der Waals surface area contributed by atoms with E-state index in [1.165, 1.54) is 75.1 Å². The fourth-order valence-electron chi connectivity index (χ4n) is 3.68. The fraction of sp³-hybridized carbons (Fsp3) is 0.667. The van der Waals surface area contributed by atoms with Crippen LogP contribution in [0.25, 0.3) is 0 Å². The molecule has 3 heteroatoms. The molecule has 0 aliphatic carbocycles. The van der Waals surface area contributed by atoms with Gasteiger partial charge in [-0.25, -0.2) is 0 Å². The van der Waals surface area contributed by atoms with E-state index in [2.05, 4.69) is 29.0 Å². The Morgan fingerprint density at radius 2 is 1.86 bits per heavy atom. The molecule has 1 aromatic carbocycles. The minimum absolute atomic E-state index is 1.08. The molecule has 3 rings (SSSR count). The molecule has 1 saturated heterocycles. The van der Waals surface area contributed by atoms with Gasteiger partial charge in [-0.1, -0.05) is 6.42 Å². The maximum Gasteiger partial charge on any atom is 0.122 e. The minimum Gasteiger partial charge on any atom is -0.496 e. The number of benzene rings is 1. The molecule has 0 N–H and O–H groups in total. The molecule has 21 heavy (non-hydrogen) atoms. The molecule has 1 aromatic rings. The first-order valence-corrected chi connectivity index (χ1v) is 8.41. The highest BCUT2D eigenvalue weighted by Gasteiger charge is 2.18. The van der Waals surface area contributed by atoms with Crippen molar-refractivity contribution < 1.29 is 4.74 Å². The summed E-state index contributed by atoms with van der Waals surface area (Å²) < 4.78 is 5.65. The number of piperidine rings is 1. The van der Waals surface area contributed by atoms with Gasteiger partial charge in [0.05, 0.1) is 7.11 Å². The fourth-order valence-corrected chi connectivity index (χ4v) is 3.68. The summed E-state index contributed by atoms with van der Waals surface area (Å²) in [6.07, 6.45) is 7.67. The average Bonchev–Trinajstić information content (AvgIpc) is 2.53. The minimum atomic E-state index is 1.08. The number of anilines is 1. The monoisotopic (exact) mass is 288 g/mol. The molecule has 1 fully saturated rings. The van der Waals surface area contributed by atoms with Gasteiger partial charge in [0.1, 0.15) is 5.75 Å². The molecule has 2 heterocycles. The predicted molar refractivity (Wildman–Crippen MR) is 88.6 cm³/mol. The third kappa shape index (κ3) is 3.34. The summed E-state index contributed by atoms with van der Waals surface area (Å²) in [5, 5.41) is 0. The van der Waals surface area contributed by atoms with Crippen molar-refractivity contribution >= 4 is 5.69 Å². The zero-order chi connectivity index (χ0) is 14.7. The molecule has 116 valence electrons. The van der Waals surface area contributed by atoms with Crippen LogP contribution in [-0.4, -0.2) is 45.2 Å². The number of aryl methyl sites for hydroxylation is 1. The largest absolute Gasteiger partial charge is 0.496 e. The van der Waals surface area contributed by atoms with Crippen molar-refractivity contribution in [2.24, 2.45) is 0 Å². The van der Waals surface area contributed by atoms with Gasteiger partial charge in [0, 0.05) is 25.8 Å². The molecular weight excluding hydrogens is 260 g/mol. The van der Waals surface area contributed by atoms with Crippen molar-refractivity contribution in [2.75, 3.05) is 45.2 Å². The van der Waals surface area contributed by atoms with E-state index in [4.69, 9.17) is 4.74 Å². The quantitative estimate of drug-likeness (QED) is 0.846. The van der Waals surface area contributed by atoms with E-state index in [1.807, 2.05) is 0 Å². The number of ether oxygens (including phenoxy) is 1. The first-order valence-electron chi connectivity index (χ1n) is 8.41. The highest BCUT2D eigenvalue weighted by Crippen LogP contribution is 2.33. The summed E-state index contributed by atoms with van der Waals surface area (Å²) >= 11 is 0. The maximum absolute atomic E-state index is 5.65. The van der Waals surface area contributed by atoms with Crippen LogP contribution in [0.4, 0.5) is 5.69 Å².